The maximum atomic E-state index is 11.3. The van der Waals surface area contributed by atoms with Crippen molar-refractivity contribution in [3.8, 4) is 0 Å². The molecule has 0 aliphatic carbocycles. The van der Waals surface area contributed by atoms with E-state index in [1.54, 1.807) is 0 Å². The van der Waals surface area contributed by atoms with Gasteiger partial charge in [-0.15, -0.1) is 0 Å². The van der Waals surface area contributed by atoms with Crippen molar-refractivity contribution in [2.75, 3.05) is 18.1 Å². The maximum Gasteiger partial charge on any atom is 0.152 e. The van der Waals surface area contributed by atoms with E-state index in [9.17, 15) is 8.42 Å². The van der Waals surface area contributed by atoms with E-state index in [0.717, 1.165) is 13.0 Å². The molecule has 0 amide bonds. The van der Waals surface area contributed by atoms with Gasteiger partial charge >= 0.3 is 0 Å². The van der Waals surface area contributed by atoms with Gasteiger partial charge in [0.2, 0.25) is 0 Å². The number of rotatable bonds is 3. The minimum atomic E-state index is -2.79. The lowest BCUT2D eigenvalue weighted by Crippen LogP contribution is -2.43. The summed E-state index contributed by atoms with van der Waals surface area (Å²) >= 11 is 0. The van der Waals surface area contributed by atoms with E-state index >= 15 is 0 Å². The van der Waals surface area contributed by atoms with Crippen LogP contribution in [0, 0.1) is 0 Å². The van der Waals surface area contributed by atoms with Crippen molar-refractivity contribution >= 4 is 9.84 Å². The van der Waals surface area contributed by atoms with Crippen molar-refractivity contribution in [3.63, 3.8) is 0 Å². The van der Waals surface area contributed by atoms with Gasteiger partial charge in [0.05, 0.1) is 11.5 Å². The van der Waals surface area contributed by atoms with Crippen molar-refractivity contribution < 1.29 is 8.42 Å². The van der Waals surface area contributed by atoms with E-state index in [4.69, 9.17) is 0 Å². The molecular weight excluding hydrogens is 198 g/mol. The molecule has 0 bridgehead atoms. The van der Waals surface area contributed by atoms with Gasteiger partial charge in [0.1, 0.15) is 0 Å². The number of hydrogen-bond donors (Lipinski definition) is 1. The van der Waals surface area contributed by atoms with E-state index in [-0.39, 0.29) is 11.3 Å². The molecule has 0 spiro atoms. The van der Waals surface area contributed by atoms with Crippen LogP contribution in [0.15, 0.2) is 11.6 Å². The van der Waals surface area contributed by atoms with Crippen LogP contribution in [-0.4, -0.2) is 32.0 Å². The number of nitrogens with one attached hydrogen (secondary N) is 1. The molecule has 1 fully saturated rings. The highest BCUT2D eigenvalue weighted by molar-refractivity contribution is 7.91. The van der Waals surface area contributed by atoms with Crippen LogP contribution in [0.2, 0.25) is 0 Å². The lowest BCUT2D eigenvalue weighted by molar-refractivity contribution is 0.417. The van der Waals surface area contributed by atoms with Gasteiger partial charge in [-0.1, -0.05) is 11.6 Å². The first kappa shape index (κ1) is 11.7. The zero-order chi connectivity index (χ0) is 10.8. The SMILES string of the molecule is CC(C)=CCNC1(C)CCS(=O)(=O)C1. The van der Waals surface area contributed by atoms with Crippen molar-refractivity contribution in [3.05, 3.63) is 11.6 Å². The second-order valence-electron chi connectivity index (χ2n) is 4.57. The maximum absolute atomic E-state index is 11.3. The van der Waals surface area contributed by atoms with Gasteiger partial charge in [0.15, 0.2) is 9.84 Å². The van der Waals surface area contributed by atoms with Crippen molar-refractivity contribution in [1.82, 2.24) is 5.32 Å². The third kappa shape index (κ3) is 3.42. The molecule has 0 aromatic rings. The Kier molecular flexibility index (Phi) is 3.37. The second kappa shape index (κ2) is 4.03. The number of allylic oxidation sites excluding steroid dienone is 1. The minimum Gasteiger partial charge on any atom is -0.307 e. The van der Waals surface area contributed by atoms with Crippen molar-refractivity contribution in [2.45, 2.75) is 32.7 Å². The van der Waals surface area contributed by atoms with Crippen LogP contribution in [0.25, 0.3) is 0 Å². The molecule has 4 heteroatoms. The molecule has 1 saturated heterocycles. The smallest absolute Gasteiger partial charge is 0.152 e. The first-order chi connectivity index (χ1) is 6.33. The summed E-state index contributed by atoms with van der Waals surface area (Å²) in [5.41, 5.74) is 1.03. The predicted molar refractivity (Wildman–Crippen MR) is 59.1 cm³/mol. The van der Waals surface area contributed by atoms with E-state index < -0.39 is 9.84 Å². The summed E-state index contributed by atoms with van der Waals surface area (Å²) in [7, 11) is -2.79. The van der Waals surface area contributed by atoms with Gasteiger partial charge in [-0.25, -0.2) is 8.42 Å². The first-order valence-corrected chi connectivity index (χ1v) is 6.74. The van der Waals surface area contributed by atoms with Crippen LogP contribution in [0.5, 0.6) is 0 Å². The van der Waals surface area contributed by atoms with Crippen LogP contribution >= 0.6 is 0 Å². The molecule has 82 valence electrons. The molecule has 1 atom stereocenters. The molecule has 0 saturated carbocycles. The molecule has 0 aromatic carbocycles. The minimum absolute atomic E-state index is 0.217. The Labute approximate surface area is 86.5 Å². The zero-order valence-electron chi connectivity index (χ0n) is 9.13. The summed E-state index contributed by atoms with van der Waals surface area (Å²) in [6, 6.07) is 0. The highest BCUT2D eigenvalue weighted by Crippen LogP contribution is 2.22. The molecule has 0 radical (unpaired) electrons. The molecule has 1 rings (SSSR count). The summed E-state index contributed by atoms with van der Waals surface area (Å²) in [5.74, 6) is 0.599. The Bertz CT molecular complexity index is 328. The average Bonchev–Trinajstić information content (AvgIpc) is 2.25. The third-order valence-electron chi connectivity index (χ3n) is 2.54. The van der Waals surface area contributed by atoms with Gasteiger partial charge in [0.25, 0.3) is 0 Å². The highest BCUT2D eigenvalue weighted by Gasteiger charge is 2.37. The van der Waals surface area contributed by atoms with Crippen LogP contribution in [0.1, 0.15) is 27.2 Å². The average molecular weight is 217 g/mol. The van der Waals surface area contributed by atoms with Crippen LogP contribution in [0.4, 0.5) is 0 Å². The van der Waals surface area contributed by atoms with Crippen molar-refractivity contribution in [2.24, 2.45) is 0 Å². The number of sulfone groups is 1. The third-order valence-corrected chi connectivity index (χ3v) is 4.45. The normalized spacial score (nSPS) is 30.2. The Balaban J connectivity index is 2.49. The summed E-state index contributed by atoms with van der Waals surface area (Å²) in [6.07, 6.45) is 2.81. The monoisotopic (exact) mass is 217 g/mol. The van der Waals surface area contributed by atoms with Crippen molar-refractivity contribution in [1.29, 1.82) is 0 Å². The first-order valence-electron chi connectivity index (χ1n) is 4.92. The summed E-state index contributed by atoms with van der Waals surface area (Å²) in [5, 5.41) is 3.29. The highest BCUT2D eigenvalue weighted by atomic mass is 32.2. The number of hydrogen-bond acceptors (Lipinski definition) is 3. The van der Waals surface area contributed by atoms with Gasteiger partial charge in [-0.3, -0.25) is 0 Å². The molecule has 0 aromatic heterocycles. The molecule has 1 N–H and O–H groups in total. The summed E-state index contributed by atoms with van der Waals surface area (Å²) in [6.45, 7) is 6.82. The Morgan fingerprint density at radius 3 is 2.57 bits per heavy atom. The molecular formula is C10H19NO2S. The van der Waals surface area contributed by atoms with Crippen LogP contribution < -0.4 is 5.32 Å². The van der Waals surface area contributed by atoms with E-state index in [0.29, 0.717) is 5.75 Å². The molecule has 1 heterocycles. The molecule has 3 nitrogen and oxygen atoms in total. The van der Waals surface area contributed by atoms with Gasteiger partial charge in [-0.2, -0.15) is 0 Å². The Hall–Kier alpha value is -0.350. The fourth-order valence-electron chi connectivity index (χ4n) is 1.65. The fourth-order valence-corrected chi connectivity index (χ4v) is 3.77. The topological polar surface area (TPSA) is 46.2 Å². The lowest BCUT2D eigenvalue weighted by Gasteiger charge is -2.23. The van der Waals surface area contributed by atoms with Gasteiger partial charge < -0.3 is 5.32 Å². The fraction of sp³-hybridized carbons (Fsp3) is 0.800. The molecule has 1 aliphatic heterocycles. The lowest BCUT2D eigenvalue weighted by atomic mass is 10.0. The zero-order valence-corrected chi connectivity index (χ0v) is 9.95. The largest absolute Gasteiger partial charge is 0.307 e. The molecule has 1 aliphatic rings. The van der Waals surface area contributed by atoms with E-state index in [2.05, 4.69) is 11.4 Å². The van der Waals surface area contributed by atoms with Crippen LogP contribution in [-0.2, 0) is 9.84 Å². The second-order valence-corrected chi connectivity index (χ2v) is 6.75. The van der Waals surface area contributed by atoms with E-state index in [1.165, 1.54) is 5.57 Å². The Morgan fingerprint density at radius 2 is 2.14 bits per heavy atom. The van der Waals surface area contributed by atoms with E-state index in [1.807, 2.05) is 20.8 Å². The summed E-state index contributed by atoms with van der Waals surface area (Å²) < 4.78 is 22.6. The van der Waals surface area contributed by atoms with Gasteiger partial charge in [-0.05, 0) is 27.2 Å². The summed E-state index contributed by atoms with van der Waals surface area (Å²) in [4.78, 5) is 0. The molecule has 1 unspecified atom stereocenters. The quantitative estimate of drug-likeness (QED) is 0.721. The molecule has 14 heavy (non-hydrogen) atoms. The van der Waals surface area contributed by atoms with Gasteiger partial charge in [0, 0.05) is 12.1 Å². The standard InChI is InChI=1S/C10H19NO2S/c1-9(2)4-6-11-10(3)5-7-14(12,13)8-10/h4,11H,5-8H2,1-3H3. The van der Waals surface area contributed by atoms with Crippen LogP contribution in [0.3, 0.4) is 0 Å². The predicted octanol–water partition coefficient (Wildman–Crippen LogP) is 1.12. The Morgan fingerprint density at radius 1 is 1.50 bits per heavy atom.